The maximum absolute atomic E-state index is 14.0. The molecule has 0 bridgehead atoms. The number of nitrogens with one attached hydrogen (secondary N) is 3. The largest absolute Gasteiger partial charge is 0.507 e. The number of nitrogens with zero attached hydrogens (tertiary/aromatic N) is 3. The van der Waals surface area contributed by atoms with Crippen LogP contribution in [0.1, 0.15) is 106 Å². The molecule has 8 rings (SSSR count). The van der Waals surface area contributed by atoms with Crippen molar-refractivity contribution in [3.8, 4) is 17.2 Å². The van der Waals surface area contributed by atoms with E-state index in [-0.39, 0.29) is 58.8 Å². The molecule has 1 aliphatic carbocycles. The third-order valence-electron chi connectivity index (χ3n) is 12.8. The first-order chi connectivity index (χ1) is 28.5. The molecule has 312 valence electrons. The van der Waals surface area contributed by atoms with Crippen molar-refractivity contribution in [3.05, 3.63) is 81.4 Å². The number of ether oxygens (including phenoxy) is 1. The van der Waals surface area contributed by atoms with Gasteiger partial charge in [0.25, 0.3) is 11.8 Å². The zero-order valence-electron chi connectivity index (χ0n) is 33.7. The summed E-state index contributed by atoms with van der Waals surface area (Å²) in [5, 5.41) is 30.1. The lowest BCUT2D eigenvalue weighted by Crippen LogP contribution is -2.52. The molecule has 1 atom stereocenters. The molecular formula is C45H54N6O8. The Hall–Kier alpha value is -5.63. The average Bonchev–Trinajstić information content (AvgIpc) is 3.81. The van der Waals surface area contributed by atoms with Gasteiger partial charge in [0.15, 0.2) is 0 Å². The monoisotopic (exact) mass is 806 g/mol. The number of fused-ring (bicyclic) bond motifs is 2. The SMILES string of the molecule is Cc1c(O)cc(O)c(C(=O)N2Cc3ccc(CN4CCC(C(=O)NCCNc5ccc6c(c5)CN(C5CCC(=O)NC5=O)C6=O)CC4)cc3C2)c1OCC1CCCCC1. The summed E-state index contributed by atoms with van der Waals surface area (Å²) < 4.78 is 6.20. The van der Waals surface area contributed by atoms with Crippen molar-refractivity contribution in [1.82, 2.24) is 25.3 Å². The summed E-state index contributed by atoms with van der Waals surface area (Å²) in [5.41, 5.74) is 6.04. The predicted molar refractivity (Wildman–Crippen MR) is 219 cm³/mol. The number of piperidine rings is 2. The van der Waals surface area contributed by atoms with E-state index in [0.717, 1.165) is 86.1 Å². The van der Waals surface area contributed by atoms with Crippen molar-refractivity contribution >= 4 is 35.2 Å². The van der Waals surface area contributed by atoms with Crippen LogP contribution >= 0.6 is 0 Å². The van der Waals surface area contributed by atoms with Gasteiger partial charge in [0.05, 0.1) is 6.61 Å². The summed E-state index contributed by atoms with van der Waals surface area (Å²) in [6, 6.07) is 12.4. The number of rotatable bonds is 12. The molecule has 14 nitrogen and oxygen atoms in total. The molecule has 3 aromatic carbocycles. The minimum atomic E-state index is -0.652. The van der Waals surface area contributed by atoms with Gasteiger partial charge in [-0.1, -0.05) is 37.5 Å². The van der Waals surface area contributed by atoms with Crippen LogP contribution in [-0.4, -0.2) is 93.3 Å². The second kappa shape index (κ2) is 17.3. The van der Waals surface area contributed by atoms with E-state index in [1.54, 1.807) is 17.9 Å². The molecule has 3 fully saturated rings. The number of phenols is 2. The lowest BCUT2D eigenvalue weighted by Gasteiger charge is -2.31. The van der Waals surface area contributed by atoms with Gasteiger partial charge in [-0.05, 0) is 98.5 Å². The Morgan fingerprint density at radius 3 is 2.41 bits per heavy atom. The maximum atomic E-state index is 14.0. The second-order valence-electron chi connectivity index (χ2n) is 16.9. The number of amides is 5. The third kappa shape index (κ3) is 8.73. The molecule has 5 aliphatic rings. The quantitative estimate of drug-likeness (QED) is 0.127. The summed E-state index contributed by atoms with van der Waals surface area (Å²) >= 11 is 0. The number of anilines is 1. The Kier molecular flexibility index (Phi) is 11.8. The summed E-state index contributed by atoms with van der Waals surface area (Å²) in [6.45, 7) is 6.61. The molecule has 0 spiro atoms. The van der Waals surface area contributed by atoms with Crippen molar-refractivity contribution in [2.75, 3.05) is 38.1 Å². The van der Waals surface area contributed by atoms with Crippen LogP contribution in [0.15, 0.2) is 42.5 Å². The fraction of sp³-hybridized carbons (Fsp3) is 0.489. The third-order valence-corrected chi connectivity index (χ3v) is 12.8. The first-order valence-corrected chi connectivity index (χ1v) is 21.1. The number of benzene rings is 3. The number of likely N-dealkylation sites (tertiary alicyclic amines) is 1. The Labute approximate surface area is 344 Å². The van der Waals surface area contributed by atoms with E-state index in [4.69, 9.17) is 4.74 Å². The van der Waals surface area contributed by atoms with Crippen LogP contribution in [0.5, 0.6) is 17.2 Å². The van der Waals surface area contributed by atoms with Crippen LogP contribution in [0.3, 0.4) is 0 Å². The van der Waals surface area contributed by atoms with Crippen LogP contribution in [0, 0.1) is 18.8 Å². The summed E-state index contributed by atoms with van der Waals surface area (Å²) in [7, 11) is 0. The lowest BCUT2D eigenvalue weighted by molar-refractivity contribution is -0.137. The fourth-order valence-corrected chi connectivity index (χ4v) is 9.35. The summed E-state index contributed by atoms with van der Waals surface area (Å²) in [6.07, 6.45) is 7.76. The topological polar surface area (TPSA) is 181 Å². The van der Waals surface area contributed by atoms with E-state index < -0.39 is 11.9 Å². The Morgan fingerprint density at radius 2 is 1.63 bits per heavy atom. The summed E-state index contributed by atoms with van der Waals surface area (Å²) in [5.74, 6) is -1.00. The van der Waals surface area contributed by atoms with E-state index >= 15 is 0 Å². The zero-order valence-corrected chi connectivity index (χ0v) is 33.7. The average molecular weight is 807 g/mol. The molecule has 1 unspecified atom stereocenters. The van der Waals surface area contributed by atoms with Crippen molar-refractivity contribution in [1.29, 1.82) is 0 Å². The molecule has 5 N–H and O–H groups in total. The van der Waals surface area contributed by atoms with Gasteiger partial charge in [0.2, 0.25) is 17.7 Å². The fourth-order valence-electron chi connectivity index (χ4n) is 9.35. The molecule has 4 aliphatic heterocycles. The van der Waals surface area contributed by atoms with Crippen molar-refractivity contribution in [2.45, 2.75) is 96.9 Å². The molecule has 2 saturated heterocycles. The van der Waals surface area contributed by atoms with Gasteiger partial charge in [-0.3, -0.25) is 34.2 Å². The van der Waals surface area contributed by atoms with Gasteiger partial charge in [-0.15, -0.1) is 0 Å². The van der Waals surface area contributed by atoms with Gasteiger partial charge in [0.1, 0.15) is 28.9 Å². The number of hydrogen-bond donors (Lipinski definition) is 5. The molecule has 1 saturated carbocycles. The second-order valence-corrected chi connectivity index (χ2v) is 16.9. The molecule has 3 aromatic rings. The maximum Gasteiger partial charge on any atom is 0.262 e. The molecule has 0 aromatic heterocycles. The smallest absolute Gasteiger partial charge is 0.262 e. The summed E-state index contributed by atoms with van der Waals surface area (Å²) in [4.78, 5) is 69.6. The predicted octanol–water partition coefficient (Wildman–Crippen LogP) is 4.72. The van der Waals surface area contributed by atoms with Crippen molar-refractivity contribution in [3.63, 3.8) is 0 Å². The number of hydrogen-bond acceptors (Lipinski definition) is 10. The Bertz CT molecular complexity index is 2140. The van der Waals surface area contributed by atoms with Gasteiger partial charge in [-0.25, -0.2) is 0 Å². The van der Waals surface area contributed by atoms with Gasteiger partial charge in [0, 0.05) is 74.5 Å². The van der Waals surface area contributed by atoms with E-state index in [0.29, 0.717) is 62.8 Å². The molecule has 59 heavy (non-hydrogen) atoms. The van der Waals surface area contributed by atoms with Crippen LogP contribution in [0.25, 0.3) is 0 Å². The minimum Gasteiger partial charge on any atom is -0.507 e. The lowest BCUT2D eigenvalue weighted by atomic mass is 9.90. The highest BCUT2D eigenvalue weighted by atomic mass is 16.5. The van der Waals surface area contributed by atoms with Crippen molar-refractivity contribution < 1.29 is 38.9 Å². The van der Waals surface area contributed by atoms with Gasteiger partial charge < -0.3 is 35.4 Å². The highest BCUT2D eigenvalue weighted by Crippen LogP contribution is 2.41. The van der Waals surface area contributed by atoms with Crippen LogP contribution in [0.4, 0.5) is 5.69 Å². The number of phenolic OH excluding ortho intramolecular Hbond substituents is 2. The normalized spacial score (nSPS) is 20.0. The minimum absolute atomic E-state index is 0.0468. The highest BCUT2D eigenvalue weighted by Gasteiger charge is 2.39. The molecular weight excluding hydrogens is 753 g/mol. The highest BCUT2D eigenvalue weighted by molar-refractivity contribution is 6.05. The number of imide groups is 1. The standard InChI is InChI=1S/C45H54N6O8/c1-27-37(52)21-38(53)40(41(27)59-26-28-5-3-2-4-6-28)45(58)50-23-31-8-7-29(19-32(31)24-50)22-49-17-13-30(14-18-49)42(55)47-16-15-46-34-9-10-35-33(20-34)25-51(44(35)57)36-11-12-39(54)48-43(36)56/h7-10,19-21,28,30,36,46,52-53H,2-6,11-18,22-26H2,1H3,(H,47,55)(H,48,54,56). The van der Waals surface area contributed by atoms with Gasteiger partial charge >= 0.3 is 0 Å². The molecule has 4 heterocycles. The first kappa shape index (κ1) is 40.2. The zero-order chi connectivity index (χ0) is 41.2. The molecule has 5 amide bonds. The number of carbonyl (C=O) groups is 5. The van der Waals surface area contributed by atoms with E-state index in [1.807, 2.05) is 12.1 Å². The Balaban J connectivity index is 0.780. The Morgan fingerprint density at radius 1 is 0.847 bits per heavy atom. The van der Waals surface area contributed by atoms with E-state index in [9.17, 15) is 34.2 Å². The van der Waals surface area contributed by atoms with E-state index in [2.05, 4.69) is 39.0 Å². The van der Waals surface area contributed by atoms with Gasteiger partial charge in [-0.2, -0.15) is 0 Å². The molecule has 14 heteroatoms. The number of aromatic hydroxyl groups is 2. The number of carbonyl (C=O) groups excluding carboxylic acids is 5. The van der Waals surface area contributed by atoms with Crippen molar-refractivity contribution in [2.24, 2.45) is 11.8 Å². The van der Waals surface area contributed by atoms with Crippen LogP contribution in [-0.2, 0) is 40.6 Å². The van der Waals surface area contributed by atoms with Crippen LogP contribution < -0.4 is 20.7 Å². The van der Waals surface area contributed by atoms with Crippen LogP contribution in [0.2, 0.25) is 0 Å². The van der Waals surface area contributed by atoms with E-state index in [1.165, 1.54) is 17.4 Å². The molecule has 0 radical (unpaired) electrons. The first-order valence-electron chi connectivity index (χ1n) is 21.1.